The number of nitrogens with one attached hydrogen (secondary N) is 2. The van der Waals surface area contributed by atoms with Crippen molar-refractivity contribution in [2.24, 2.45) is 17.3 Å². The summed E-state index contributed by atoms with van der Waals surface area (Å²) < 4.78 is 31.8. The Bertz CT molecular complexity index is 1450. The molecule has 0 aromatic carbocycles. The summed E-state index contributed by atoms with van der Waals surface area (Å²) in [5.41, 5.74) is -0.446. The van der Waals surface area contributed by atoms with Crippen molar-refractivity contribution in [2.45, 2.75) is 151 Å². The zero-order chi connectivity index (χ0) is 34.9. The molecule has 2 N–H and O–H groups in total. The van der Waals surface area contributed by atoms with Crippen LogP contribution in [0.4, 0.5) is 0 Å². The summed E-state index contributed by atoms with van der Waals surface area (Å²) in [4.78, 5) is 50.5. The highest BCUT2D eigenvalue weighted by Crippen LogP contribution is 2.83. The number of carbonyl (C=O) groups excluding carboxylic acids is 4. The van der Waals surface area contributed by atoms with Crippen LogP contribution in [0.15, 0.2) is 11.1 Å². The minimum atomic E-state index is -0.776. The van der Waals surface area contributed by atoms with Crippen LogP contribution in [0, 0.1) is 17.3 Å². The molecule has 0 aromatic rings. The molecule has 4 saturated heterocycles. The smallest absolute Gasteiger partial charge is 0.334 e. The maximum atomic E-state index is 13.4. The molecule has 10 unspecified atom stereocenters. The third-order valence-electron chi connectivity index (χ3n) is 13.3. The fourth-order valence-corrected chi connectivity index (χ4v) is 13.6. The van der Waals surface area contributed by atoms with Gasteiger partial charge in [-0.3, -0.25) is 14.4 Å². The van der Waals surface area contributed by atoms with Gasteiger partial charge in [0.1, 0.15) is 30.0 Å². The van der Waals surface area contributed by atoms with E-state index >= 15 is 0 Å². The van der Waals surface area contributed by atoms with E-state index in [9.17, 15) is 19.2 Å². The number of hydrogen-bond acceptors (Lipinski definition) is 11. The summed E-state index contributed by atoms with van der Waals surface area (Å²) in [6, 6.07) is 0. The number of cyclic esters (lactones) is 1. The fraction of sp³-hybridized carbons (Fsp3) is 0.838. The Labute approximate surface area is 302 Å². The predicted molar refractivity (Wildman–Crippen MR) is 187 cm³/mol. The van der Waals surface area contributed by atoms with Crippen LogP contribution < -0.4 is 10.6 Å². The van der Waals surface area contributed by atoms with Gasteiger partial charge in [-0.1, -0.05) is 48.8 Å². The summed E-state index contributed by atoms with van der Waals surface area (Å²) in [5, 5.41) is 6.69. The summed E-state index contributed by atoms with van der Waals surface area (Å²) in [6.45, 7) is 7.97. The lowest BCUT2D eigenvalue weighted by Gasteiger charge is -2.53. The van der Waals surface area contributed by atoms with Gasteiger partial charge in [-0.15, -0.1) is 0 Å². The highest BCUT2D eigenvalue weighted by atomic mass is 33.1. The molecule has 8 aliphatic rings. The molecule has 2 spiro atoms. The molecule has 50 heavy (non-hydrogen) atoms. The molecule has 2 saturated carbocycles. The number of ether oxygens (including phenoxy) is 5. The Hall–Kier alpha value is -1.80. The first-order valence-corrected chi connectivity index (χ1v) is 21.4. The van der Waals surface area contributed by atoms with Gasteiger partial charge in [-0.05, 0) is 75.2 Å². The monoisotopic (exact) mass is 732 g/mol. The van der Waals surface area contributed by atoms with Crippen LogP contribution in [-0.2, 0) is 42.9 Å². The summed E-state index contributed by atoms with van der Waals surface area (Å²) >= 11 is 0. The fourth-order valence-electron chi connectivity index (χ4n) is 10.5. The van der Waals surface area contributed by atoms with E-state index < -0.39 is 22.9 Å². The molecule has 3 aliphatic carbocycles. The molecule has 13 heteroatoms. The van der Waals surface area contributed by atoms with Crippen LogP contribution in [0.25, 0.3) is 0 Å². The topological polar surface area (TPSA) is 148 Å². The van der Waals surface area contributed by atoms with Crippen LogP contribution in [-0.4, -0.2) is 95.7 Å². The molecule has 276 valence electrons. The molecule has 0 bridgehead atoms. The molecular formula is C37H52N2O9S2. The molecule has 5 heterocycles. The quantitative estimate of drug-likeness (QED) is 0.0997. The molecule has 2 amide bonds. The van der Waals surface area contributed by atoms with Gasteiger partial charge >= 0.3 is 11.9 Å². The zero-order valence-corrected chi connectivity index (χ0v) is 31.2. The lowest BCUT2D eigenvalue weighted by atomic mass is 9.46. The minimum absolute atomic E-state index is 0.0858. The van der Waals surface area contributed by atoms with Crippen LogP contribution >= 0.6 is 21.6 Å². The van der Waals surface area contributed by atoms with Crippen LogP contribution in [0.3, 0.4) is 0 Å². The van der Waals surface area contributed by atoms with Crippen molar-refractivity contribution in [3.05, 3.63) is 11.1 Å². The predicted octanol–water partition coefficient (Wildman–Crippen LogP) is 4.55. The Morgan fingerprint density at radius 1 is 0.960 bits per heavy atom. The van der Waals surface area contributed by atoms with Gasteiger partial charge in [0.05, 0.1) is 6.10 Å². The molecule has 10 atom stereocenters. The van der Waals surface area contributed by atoms with Crippen molar-refractivity contribution < 1.29 is 42.9 Å². The van der Waals surface area contributed by atoms with Crippen molar-refractivity contribution in [2.75, 3.05) is 25.4 Å². The number of fused-ring (bicyclic) bond motifs is 4. The molecule has 5 aliphatic heterocycles. The number of rotatable bonds is 16. The Morgan fingerprint density at radius 2 is 1.72 bits per heavy atom. The van der Waals surface area contributed by atoms with Crippen LogP contribution in [0.2, 0.25) is 0 Å². The third kappa shape index (κ3) is 5.48. The molecular weight excluding hydrogens is 681 g/mol. The second kappa shape index (κ2) is 13.2. The minimum Gasteiger partial charge on any atom is -0.458 e. The second-order valence-corrected chi connectivity index (χ2v) is 19.0. The van der Waals surface area contributed by atoms with E-state index in [1.807, 2.05) is 21.6 Å². The largest absolute Gasteiger partial charge is 0.458 e. The van der Waals surface area contributed by atoms with E-state index in [1.54, 1.807) is 0 Å². The number of amides is 2. The molecule has 11 nitrogen and oxygen atoms in total. The van der Waals surface area contributed by atoms with E-state index in [1.165, 1.54) is 18.6 Å². The maximum absolute atomic E-state index is 13.4. The molecule has 0 aromatic heterocycles. The standard InChI is InChI=1S/C37H52N2O9S2/c1-21(2)35-30(47-35)31-37(48-31)34(3)15-13-23-24(20-44-32(23)43)25(34)19-26-36(37,46-26)33(35)45-29(42)12-8-11-28(41)39-17-7-6-16-38-27(40)10-5-4-9-22-14-18-49-50-22/h21-22,25-26,30-31,33H,4-20H2,1-3H3,(H,38,40)(H,39,41). The van der Waals surface area contributed by atoms with Crippen molar-refractivity contribution in [3.8, 4) is 0 Å². The normalized spacial score (nSPS) is 41.2. The van der Waals surface area contributed by atoms with Gasteiger partial charge in [-0.2, -0.15) is 0 Å². The van der Waals surface area contributed by atoms with Crippen molar-refractivity contribution >= 4 is 45.3 Å². The SMILES string of the molecule is CC(C)C12OC1C1OC13C1(C)CCC4=C(COC4=O)C1CC1OC13C2OC(=O)CCCC(=O)NCCCCNC(=O)CCCCC1CCSS1. The van der Waals surface area contributed by atoms with E-state index in [0.29, 0.717) is 39.0 Å². The third-order valence-corrected chi connectivity index (χ3v) is 16.3. The van der Waals surface area contributed by atoms with Gasteiger partial charge in [-0.25, -0.2) is 4.79 Å². The van der Waals surface area contributed by atoms with E-state index in [-0.39, 0.29) is 72.2 Å². The van der Waals surface area contributed by atoms with E-state index in [4.69, 9.17) is 23.7 Å². The summed E-state index contributed by atoms with van der Waals surface area (Å²) in [7, 11) is 3.95. The van der Waals surface area contributed by atoms with Gasteiger partial charge in [0.25, 0.3) is 0 Å². The lowest BCUT2D eigenvalue weighted by Crippen LogP contribution is -2.70. The van der Waals surface area contributed by atoms with Gasteiger partial charge < -0.3 is 34.3 Å². The van der Waals surface area contributed by atoms with E-state index in [2.05, 4.69) is 31.4 Å². The second-order valence-electron chi connectivity index (χ2n) is 16.2. The number of esters is 2. The van der Waals surface area contributed by atoms with Crippen molar-refractivity contribution in [1.82, 2.24) is 10.6 Å². The average Bonchev–Trinajstić information content (AvgIpc) is 4.03. The Kier molecular flexibility index (Phi) is 9.34. The number of hydrogen-bond donors (Lipinski definition) is 2. The summed E-state index contributed by atoms with van der Waals surface area (Å²) in [6.07, 6.45) is 8.56. The molecule has 6 fully saturated rings. The lowest BCUT2D eigenvalue weighted by molar-refractivity contribution is -0.169. The highest BCUT2D eigenvalue weighted by molar-refractivity contribution is 8.77. The summed E-state index contributed by atoms with van der Waals surface area (Å²) in [5.74, 6) is 0.926. The van der Waals surface area contributed by atoms with Gasteiger partial charge in [0.15, 0.2) is 11.7 Å². The van der Waals surface area contributed by atoms with Crippen molar-refractivity contribution in [3.63, 3.8) is 0 Å². The first-order valence-electron chi connectivity index (χ1n) is 19.0. The Balaban J connectivity index is 0.784. The number of unbranched alkanes of at least 4 members (excludes halogenated alkanes) is 2. The molecule has 0 radical (unpaired) electrons. The van der Waals surface area contributed by atoms with Crippen molar-refractivity contribution in [1.29, 1.82) is 0 Å². The number of epoxide rings is 3. The van der Waals surface area contributed by atoms with Crippen LogP contribution in [0.5, 0.6) is 0 Å². The first kappa shape index (κ1) is 35.2. The zero-order valence-electron chi connectivity index (χ0n) is 29.6. The Morgan fingerprint density at radius 3 is 2.44 bits per heavy atom. The van der Waals surface area contributed by atoms with E-state index in [0.717, 1.165) is 54.9 Å². The molecule has 8 rings (SSSR count). The number of carbonyl (C=O) groups is 4. The van der Waals surface area contributed by atoms with Crippen LogP contribution in [0.1, 0.15) is 104 Å². The van der Waals surface area contributed by atoms with Gasteiger partial charge in [0, 0.05) is 54.3 Å². The highest BCUT2D eigenvalue weighted by Gasteiger charge is 3.01. The average molecular weight is 733 g/mol. The van der Waals surface area contributed by atoms with Gasteiger partial charge in [0.2, 0.25) is 11.8 Å². The maximum Gasteiger partial charge on any atom is 0.334 e. The first-order chi connectivity index (χ1) is 24.1.